The SMILES string of the molecule is CNCC(CO)c1cc(C(C)(C)C)ccc1OC. The van der Waals surface area contributed by atoms with E-state index >= 15 is 0 Å². The number of nitrogens with one attached hydrogen (secondary N) is 1. The van der Waals surface area contributed by atoms with Crippen molar-refractivity contribution < 1.29 is 9.84 Å². The van der Waals surface area contributed by atoms with E-state index in [4.69, 9.17) is 4.74 Å². The van der Waals surface area contributed by atoms with Gasteiger partial charge in [-0.2, -0.15) is 0 Å². The average molecular weight is 251 g/mol. The van der Waals surface area contributed by atoms with Crippen molar-refractivity contribution in [1.82, 2.24) is 5.32 Å². The molecule has 0 aliphatic rings. The topological polar surface area (TPSA) is 41.5 Å². The lowest BCUT2D eigenvalue weighted by Gasteiger charge is -2.24. The monoisotopic (exact) mass is 251 g/mol. The highest BCUT2D eigenvalue weighted by Gasteiger charge is 2.20. The summed E-state index contributed by atoms with van der Waals surface area (Å²) >= 11 is 0. The fourth-order valence-corrected chi connectivity index (χ4v) is 2.04. The molecule has 1 aromatic rings. The Labute approximate surface area is 110 Å². The van der Waals surface area contributed by atoms with Crippen molar-refractivity contribution in [2.75, 3.05) is 27.3 Å². The van der Waals surface area contributed by atoms with Gasteiger partial charge in [-0.1, -0.05) is 32.9 Å². The van der Waals surface area contributed by atoms with Gasteiger partial charge in [-0.05, 0) is 24.1 Å². The number of ether oxygens (including phenoxy) is 1. The minimum atomic E-state index is 0.0623. The van der Waals surface area contributed by atoms with E-state index in [1.165, 1.54) is 5.56 Å². The lowest BCUT2D eigenvalue weighted by molar-refractivity contribution is 0.260. The molecule has 0 spiro atoms. The zero-order valence-electron chi connectivity index (χ0n) is 12.1. The van der Waals surface area contributed by atoms with E-state index in [1.54, 1.807) is 7.11 Å². The van der Waals surface area contributed by atoms with E-state index in [2.05, 4.69) is 38.2 Å². The van der Waals surface area contributed by atoms with Crippen LogP contribution in [0.5, 0.6) is 5.75 Å². The lowest BCUT2D eigenvalue weighted by atomic mass is 9.84. The van der Waals surface area contributed by atoms with E-state index in [1.807, 2.05) is 13.1 Å². The zero-order chi connectivity index (χ0) is 13.8. The molecular formula is C15H25NO2. The van der Waals surface area contributed by atoms with Gasteiger partial charge in [-0.15, -0.1) is 0 Å². The van der Waals surface area contributed by atoms with Gasteiger partial charge >= 0.3 is 0 Å². The number of aliphatic hydroxyl groups excluding tert-OH is 1. The molecule has 18 heavy (non-hydrogen) atoms. The molecule has 3 nitrogen and oxygen atoms in total. The predicted molar refractivity (Wildman–Crippen MR) is 75.4 cm³/mol. The minimum Gasteiger partial charge on any atom is -0.496 e. The molecule has 0 aliphatic heterocycles. The molecule has 0 bridgehead atoms. The molecule has 0 saturated carbocycles. The molecule has 3 heteroatoms. The fourth-order valence-electron chi connectivity index (χ4n) is 2.04. The maximum atomic E-state index is 9.53. The third kappa shape index (κ3) is 3.47. The van der Waals surface area contributed by atoms with Crippen molar-refractivity contribution in [3.63, 3.8) is 0 Å². The summed E-state index contributed by atoms with van der Waals surface area (Å²) in [4.78, 5) is 0. The average Bonchev–Trinajstić information content (AvgIpc) is 2.34. The second kappa shape index (κ2) is 6.21. The van der Waals surface area contributed by atoms with Gasteiger partial charge in [0.25, 0.3) is 0 Å². The molecule has 0 saturated heterocycles. The summed E-state index contributed by atoms with van der Waals surface area (Å²) in [6.45, 7) is 7.41. The van der Waals surface area contributed by atoms with Crippen LogP contribution in [0.1, 0.15) is 37.8 Å². The molecule has 1 aromatic carbocycles. The molecule has 1 rings (SSSR count). The number of aliphatic hydroxyl groups is 1. The molecule has 2 N–H and O–H groups in total. The molecule has 0 heterocycles. The second-order valence-corrected chi connectivity index (χ2v) is 5.64. The molecule has 0 amide bonds. The Morgan fingerprint density at radius 3 is 2.44 bits per heavy atom. The number of likely N-dealkylation sites (N-methyl/N-ethyl adjacent to an activating group) is 1. The van der Waals surface area contributed by atoms with Crippen LogP contribution in [-0.4, -0.2) is 32.4 Å². The number of hydrogen-bond donors (Lipinski definition) is 2. The van der Waals surface area contributed by atoms with Crippen molar-refractivity contribution in [3.05, 3.63) is 29.3 Å². The molecule has 0 aliphatic carbocycles. The summed E-state index contributed by atoms with van der Waals surface area (Å²) in [5, 5.41) is 12.6. The summed E-state index contributed by atoms with van der Waals surface area (Å²) < 4.78 is 5.40. The van der Waals surface area contributed by atoms with Crippen LogP contribution in [0.15, 0.2) is 18.2 Å². The molecule has 1 unspecified atom stereocenters. The Kier molecular flexibility index (Phi) is 5.17. The van der Waals surface area contributed by atoms with E-state index in [9.17, 15) is 5.11 Å². The molecule has 0 radical (unpaired) electrons. The smallest absolute Gasteiger partial charge is 0.122 e. The molecule has 0 fully saturated rings. The van der Waals surface area contributed by atoms with E-state index in [0.717, 1.165) is 17.9 Å². The van der Waals surface area contributed by atoms with E-state index in [-0.39, 0.29) is 17.9 Å². The number of hydrogen-bond acceptors (Lipinski definition) is 3. The highest BCUT2D eigenvalue weighted by Crippen LogP contribution is 2.32. The number of benzene rings is 1. The van der Waals surface area contributed by atoms with Crippen molar-refractivity contribution in [2.24, 2.45) is 0 Å². The first-order chi connectivity index (χ1) is 8.43. The summed E-state index contributed by atoms with van der Waals surface area (Å²) in [7, 11) is 3.56. The van der Waals surface area contributed by atoms with Crippen molar-refractivity contribution >= 4 is 0 Å². The molecule has 102 valence electrons. The van der Waals surface area contributed by atoms with Crippen LogP contribution in [-0.2, 0) is 5.41 Å². The maximum absolute atomic E-state index is 9.53. The second-order valence-electron chi connectivity index (χ2n) is 5.64. The largest absolute Gasteiger partial charge is 0.496 e. The Balaban J connectivity index is 3.20. The molecule has 1 atom stereocenters. The maximum Gasteiger partial charge on any atom is 0.122 e. The number of methoxy groups -OCH3 is 1. The Bertz CT molecular complexity index is 383. The summed E-state index contributed by atoms with van der Waals surface area (Å²) in [6.07, 6.45) is 0. The third-order valence-electron chi connectivity index (χ3n) is 3.21. The van der Waals surface area contributed by atoms with Gasteiger partial charge in [0.05, 0.1) is 13.7 Å². The minimum absolute atomic E-state index is 0.0623. The fraction of sp³-hybridized carbons (Fsp3) is 0.600. The van der Waals surface area contributed by atoms with Gasteiger partial charge < -0.3 is 15.2 Å². The van der Waals surface area contributed by atoms with Crippen molar-refractivity contribution in [2.45, 2.75) is 32.1 Å². The van der Waals surface area contributed by atoms with Crippen LogP contribution >= 0.6 is 0 Å². The van der Waals surface area contributed by atoms with Crippen molar-refractivity contribution in [1.29, 1.82) is 0 Å². The summed E-state index contributed by atoms with van der Waals surface area (Å²) in [6, 6.07) is 6.24. The van der Waals surface area contributed by atoms with Crippen LogP contribution in [0.3, 0.4) is 0 Å². The highest BCUT2D eigenvalue weighted by molar-refractivity contribution is 5.42. The third-order valence-corrected chi connectivity index (χ3v) is 3.21. The van der Waals surface area contributed by atoms with Gasteiger partial charge in [0.15, 0.2) is 0 Å². The van der Waals surface area contributed by atoms with Gasteiger partial charge in [-0.25, -0.2) is 0 Å². The Morgan fingerprint density at radius 1 is 1.33 bits per heavy atom. The zero-order valence-corrected chi connectivity index (χ0v) is 12.1. The van der Waals surface area contributed by atoms with E-state index in [0.29, 0.717) is 0 Å². The van der Waals surface area contributed by atoms with Gasteiger partial charge in [0.2, 0.25) is 0 Å². The van der Waals surface area contributed by atoms with Gasteiger partial charge in [-0.3, -0.25) is 0 Å². The lowest BCUT2D eigenvalue weighted by Crippen LogP contribution is -2.21. The molecule has 0 aromatic heterocycles. The Hall–Kier alpha value is -1.06. The highest BCUT2D eigenvalue weighted by atomic mass is 16.5. The first-order valence-electron chi connectivity index (χ1n) is 6.38. The number of rotatable bonds is 5. The van der Waals surface area contributed by atoms with Crippen molar-refractivity contribution in [3.8, 4) is 5.75 Å². The van der Waals surface area contributed by atoms with Gasteiger partial charge in [0.1, 0.15) is 5.75 Å². The molecular weight excluding hydrogens is 226 g/mol. The summed E-state index contributed by atoms with van der Waals surface area (Å²) in [5.74, 6) is 0.907. The van der Waals surface area contributed by atoms with Crippen LogP contribution in [0.2, 0.25) is 0 Å². The Morgan fingerprint density at radius 2 is 2.00 bits per heavy atom. The van der Waals surface area contributed by atoms with Crippen LogP contribution < -0.4 is 10.1 Å². The van der Waals surface area contributed by atoms with Crippen LogP contribution in [0.25, 0.3) is 0 Å². The summed E-state index contributed by atoms with van der Waals surface area (Å²) in [5.41, 5.74) is 2.43. The van der Waals surface area contributed by atoms with Crippen LogP contribution in [0.4, 0.5) is 0 Å². The normalized spacial score (nSPS) is 13.4. The quantitative estimate of drug-likeness (QED) is 0.843. The van der Waals surface area contributed by atoms with Crippen LogP contribution in [0, 0.1) is 0 Å². The predicted octanol–water partition coefficient (Wildman–Crippen LogP) is 2.29. The van der Waals surface area contributed by atoms with E-state index < -0.39 is 0 Å². The van der Waals surface area contributed by atoms with Gasteiger partial charge in [0, 0.05) is 18.0 Å². The first-order valence-corrected chi connectivity index (χ1v) is 6.38. The first kappa shape index (κ1) is 15.0. The standard InChI is InChI=1S/C15H25NO2/c1-15(2,3)12-6-7-14(18-5)13(8-12)11(10-17)9-16-4/h6-8,11,16-17H,9-10H2,1-5H3.